The number of aromatic nitrogens is 3. The summed E-state index contributed by atoms with van der Waals surface area (Å²) < 4.78 is 1.26. The lowest BCUT2D eigenvalue weighted by molar-refractivity contribution is -0.109. The third kappa shape index (κ3) is 3.46. The van der Waals surface area contributed by atoms with Gasteiger partial charge in [0.1, 0.15) is 0 Å². The van der Waals surface area contributed by atoms with Crippen LogP contribution in [-0.4, -0.2) is 52.1 Å². The summed E-state index contributed by atoms with van der Waals surface area (Å²) in [7, 11) is 3.30. The predicted octanol–water partition coefficient (Wildman–Crippen LogP) is 0.727. The number of carbonyl (C=O) groups excluding carboxylic acids is 2. The van der Waals surface area contributed by atoms with Crippen LogP contribution in [0.2, 0.25) is 0 Å². The van der Waals surface area contributed by atoms with Crippen LogP contribution in [0.5, 0.6) is 0 Å². The molecule has 1 N–H and O–H groups in total. The normalized spacial score (nSPS) is 10.5. The average Bonchev–Trinajstić information content (AvgIpc) is 2.72. The smallest absolute Gasteiger partial charge is 0.346 e. The van der Waals surface area contributed by atoms with E-state index in [1.165, 1.54) is 21.3 Å². The van der Waals surface area contributed by atoms with E-state index in [4.69, 9.17) is 0 Å². The third-order valence-corrected chi connectivity index (χ3v) is 2.88. The Morgan fingerprint density at radius 1 is 1.56 bits per heavy atom. The van der Waals surface area contributed by atoms with Crippen LogP contribution in [0.1, 0.15) is 25.6 Å². The minimum Gasteiger partial charge on any atom is -0.349 e. The first-order valence-electron chi connectivity index (χ1n) is 5.45. The van der Waals surface area contributed by atoms with Crippen molar-refractivity contribution in [2.45, 2.75) is 24.9 Å². The van der Waals surface area contributed by atoms with Gasteiger partial charge in [0.2, 0.25) is 6.41 Å². The fourth-order valence-electron chi connectivity index (χ4n) is 1.11. The third-order valence-electron chi connectivity index (χ3n) is 2.04. The number of hydrogen-bond acceptors (Lipinski definition) is 5. The molecule has 18 heavy (non-hydrogen) atoms. The van der Waals surface area contributed by atoms with Crippen LogP contribution in [-0.2, 0) is 4.79 Å². The second kappa shape index (κ2) is 6.39. The van der Waals surface area contributed by atoms with Crippen molar-refractivity contribution in [3.63, 3.8) is 0 Å². The van der Waals surface area contributed by atoms with E-state index < -0.39 is 0 Å². The lowest BCUT2D eigenvalue weighted by Gasteiger charge is -2.10. The maximum atomic E-state index is 11.9. The summed E-state index contributed by atoms with van der Waals surface area (Å²) in [4.78, 5) is 27.8. The van der Waals surface area contributed by atoms with Crippen LogP contribution in [0.4, 0.5) is 4.79 Å². The van der Waals surface area contributed by atoms with Crippen molar-refractivity contribution in [3.05, 3.63) is 5.82 Å². The summed E-state index contributed by atoms with van der Waals surface area (Å²) in [6, 6.07) is -0.261. The molecule has 0 aliphatic rings. The molecule has 1 heterocycles. The molecular weight excluding hydrogens is 254 g/mol. The topological polar surface area (TPSA) is 80.1 Å². The van der Waals surface area contributed by atoms with Crippen molar-refractivity contribution < 1.29 is 9.59 Å². The van der Waals surface area contributed by atoms with Crippen LogP contribution >= 0.6 is 11.8 Å². The quantitative estimate of drug-likeness (QED) is 0.369. The van der Waals surface area contributed by atoms with E-state index in [2.05, 4.69) is 15.4 Å². The van der Waals surface area contributed by atoms with Gasteiger partial charge in [-0.05, 0) is 0 Å². The fraction of sp³-hybridized carbons (Fsp3) is 0.600. The lowest BCUT2D eigenvalue weighted by atomic mass is 10.2. The Labute approximate surface area is 110 Å². The van der Waals surface area contributed by atoms with Crippen molar-refractivity contribution in [2.75, 3.05) is 20.0 Å². The largest absolute Gasteiger partial charge is 0.349 e. The molecule has 0 fully saturated rings. The van der Waals surface area contributed by atoms with Crippen LogP contribution in [0.3, 0.4) is 0 Å². The zero-order valence-electron chi connectivity index (χ0n) is 10.9. The Balaban J connectivity index is 2.97. The van der Waals surface area contributed by atoms with Gasteiger partial charge in [-0.1, -0.05) is 25.6 Å². The molecule has 8 heteroatoms. The molecular formula is C10H17N5O2S. The summed E-state index contributed by atoms with van der Waals surface area (Å²) >= 11 is 1.26. The summed E-state index contributed by atoms with van der Waals surface area (Å²) in [5.74, 6) is 1.10. The van der Waals surface area contributed by atoms with E-state index in [0.717, 1.165) is 0 Å². The standard InChI is InChI=1S/C10H17N5O2S/c1-7(2)8-12-9(18-6-11-5-16)15(13-8)10(17)14(3)4/h5,7H,6H2,1-4H3,(H,11,16). The van der Waals surface area contributed by atoms with E-state index >= 15 is 0 Å². The maximum Gasteiger partial charge on any atom is 0.346 e. The Morgan fingerprint density at radius 3 is 2.72 bits per heavy atom. The molecule has 0 saturated heterocycles. The van der Waals surface area contributed by atoms with Gasteiger partial charge in [0.15, 0.2) is 11.0 Å². The summed E-state index contributed by atoms with van der Waals surface area (Å²) in [5.41, 5.74) is 0. The first kappa shape index (κ1) is 14.5. The van der Waals surface area contributed by atoms with Gasteiger partial charge in [-0.25, -0.2) is 9.78 Å². The van der Waals surface area contributed by atoms with Crippen molar-refractivity contribution in [1.29, 1.82) is 0 Å². The number of thioether (sulfide) groups is 1. The Hall–Kier alpha value is -1.57. The highest BCUT2D eigenvalue weighted by atomic mass is 32.2. The molecule has 0 radical (unpaired) electrons. The summed E-state index contributed by atoms with van der Waals surface area (Å²) in [6.07, 6.45) is 0.602. The van der Waals surface area contributed by atoms with Gasteiger partial charge in [0.05, 0.1) is 5.88 Å². The van der Waals surface area contributed by atoms with Gasteiger partial charge in [-0.3, -0.25) is 4.79 Å². The van der Waals surface area contributed by atoms with Crippen molar-refractivity contribution in [2.24, 2.45) is 0 Å². The Morgan fingerprint density at radius 2 is 2.22 bits per heavy atom. The van der Waals surface area contributed by atoms with Crippen LogP contribution in [0.15, 0.2) is 5.16 Å². The minimum atomic E-state index is -0.261. The number of hydrogen-bond donors (Lipinski definition) is 1. The van der Waals surface area contributed by atoms with E-state index in [1.54, 1.807) is 14.1 Å². The van der Waals surface area contributed by atoms with Crippen LogP contribution in [0.25, 0.3) is 0 Å². The van der Waals surface area contributed by atoms with Gasteiger partial charge in [-0.2, -0.15) is 4.68 Å². The number of carbonyl (C=O) groups is 2. The SMILES string of the molecule is CC(C)c1nc(SCNC=O)n(C(=O)N(C)C)n1. The van der Waals surface area contributed by atoms with Gasteiger partial charge in [-0.15, -0.1) is 5.10 Å². The van der Waals surface area contributed by atoms with Gasteiger partial charge in [0, 0.05) is 20.0 Å². The van der Waals surface area contributed by atoms with Crippen LogP contribution < -0.4 is 5.32 Å². The second-order valence-electron chi connectivity index (χ2n) is 4.11. The molecule has 1 aromatic heterocycles. The maximum absolute atomic E-state index is 11.9. The molecule has 0 bridgehead atoms. The van der Waals surface area contributed by atoms with Gasteiger partial charge >= 0.3 is 6.03 Å². The molecule has 2 amide bonds. The highest BCUT2D eigenvalue weighted by Gasteiger charge is 2.19. The van der Waals surface area contributed by atoms with E-state index in [-0.39, 0.29) is 11.9 Å². The summed E-state index contributed by atoms with van der Waals surface area (Å²) in [6.45, 7) is 3.91. The molecule has 0 saturated carbocycles. The molecule has 1 rings (SSSR count). The first-order chi connectivity index (χ1) is 8.47. The highest BCUT2D eigenvalue weighted by molar-refractivity contribution is 7.99. The van der Waals surface area contributed by atoms with Crippen molar-refractivity contribution in [3.8, 4) is 0 Å². The van der Waals surface area contributed by atoms with Crippen molar-refractivity contribution in [1.82, 2.24) is 25.0 Å². The van der Waals surface area contributed by atoms with Crippen molar-refractivity contribution >= 4 is 24.2 Å². The molecule has 0 aliphatic heterocycles. The first-order valence-corrected chi connectivity index (χ1v) is 6.44. The average molecular weight is 271 g/mol. The van der Waals surface area contributed by atoms with E-state index in [9.17, 15) is 9.59 Å². The lowest BCUT2D eigenvalue weighted by Crippen LogP contribution is -2.29. The number of amides is 2. The Kier molecular flexibility index (Phi) is 5.14. The molecule has 0 atom stereocenters. The second-order valence-corrected chi connectivity index (χ2v) is 5.05. The van der Waals surface area contributed by atoms with Gasteiger partial charge in [0.25, 0.3) is 0 Å². The van der Waals surface area contributed by atoms with Gasteiger partial charge < -0.3 is 10.2 Å². The predicted molar refractivity (Wildman–Crippen MR) is 68.5 cm³/mol. The molecule has 7 nitrogen and oxygen atoms in total. The number of nitrogens with one attached hydrogen (secondary N) is 1. The molecule has 0 unspecified atom stereocenters. The molecule has 0 spiro atoms. The number of rotatable bonds is 5. The Bertz CT molecular complexity index is 430. The number of nitrogens with zero attached hydrogens (tertiary/aromatic N) is 4. The molecule has 0 aromatic carbocycles. The summed E-state index contributed by atoms with van der Waals surface area (Å²) in [5, 5.41) is 7.17. The highest BCUT2D eigenvalue weighted by Crippen LogP contribution is 2.18. The molecule has 0 aliphatic carbocycles. The van der Waals surface area contributed by atoms with E-state index in [1.807, 2.05) is 13.8 Å². The monoisotopic (exact) mass is 271 g/mol. The molecule has 100 valence electrons. The zero-order valence-corrected chi connectivity index (χ0v) is 11.7. The molecule has 1 aromatic rings. The zero-order chi connectivity index (χ0) is 13.7. The van der Waals surface area contributed by atoms with E-state index in [0.29, 0.717) is 23.3 Å². The minimum absolute atomic E-state index is 0.139. The van der Waals surface area contributed by atoms with Crippen LogP contribution in [0, 0.1) is 0 Å². The fourth-order valence-corrected chi connectivity index (χ4v) is 1.78.